The number of anilines is 5. The number of nitrogens with zero attached hydrogens (tertiary/aromatic N) is 5. The summed E-state index contributed by atoms with van der Waals surface area (Å²) in [4.78, 5) is 93.7. The zero-order valence-corrected chi connectivity index (χ0v) is 47.0. The number of fused-ring (bicyclic) bond motifs is 8. The molecule has 0 spiro atoms. The maximum Gasteiger partial charge on any atom is 0.260 e. The first-order valence-corrected chi connectivity index (χ1v) is 27.5. The molecule has 20 nitrogen and oxygen atoms in total. The summed E-state index contributed by atoms with van der Waals surface area (Å²) in [6, 6.07) is 26.4. The number of nitrogens with one attached hydrogen (secondary N) is 4. The number of carbonyl (C=O) groups excluding carboxylic acids is 6. The molecule has 6 amide bonds. The van der Waals surface area contributed by atoms with Gasteiger partial charge >= 0.3 is 0 Å². The molecule has 0 saturated heterocycles. The van der Waals surface area contributed by atoms with Crippen molar-refractivity contribution in [3.8, 4) is 23.0 Å². The van der Waals surface area contributed by atoms with Crippen LogP contribution in [0.1, 0.15) is 95.8 Å². The monoisotopic (exact) mass is 1110 g/mol. The van der Waals surface area contributed by atoms with E-state index in [1.807, 2.05) is 78.5 Å². The second-order valence-electron chi connectivity index (χ2n) is 20.9. The number of rotatable bonds is 23. The number of unbranched alkanes of at least 4 members (excludes halogenated alkanes) is 1. The van der Waals surface area contributed by atoms with Gasteiger partial charge in [0.1, 0.15) is 31.9 Å². The molecule has 0 aliphatic carbocycles. The third-order valence-electron chi connectivity index (χ3n) is 15.0. The molecular formula is C61H71N9O11. The van der Waals surface area contributed by atoms with Crippen LogP contribution in [0.5, 0.6) is 23.0 Å². The van der Waals surface area contributed by atoms with Crippen LogP contribution in [0.15, 0.2) is 96.2 Å². The van der Waals surface area contributed by atoms with Gasteiger partial charge in [-0.1, -0.05) is 41.6 Å². The summed E-state index contributed by atoms with van der Waals surface area (Å²) in [7, 11) is 6.97. The number of ether oxygens (including phenoxy) is 4. The van der Waals surface area contributed by atoms with E-state index in [0.717, 1.165) is 35.3 Å². The number of hydrogen-bond acceptors (Lipinski definition) is 14. The lowest BCUT2D eigenvalue weighted by atomic mass is 10.1. The largest absolute Gasteiger partial charge is 0.493 e. The van der Waals surface area contributed by atoms with E-state index in [1.54, 1.807) is 44.3 Å². The minimum Gasteiger partial charge on any atom is -0.493 e. The molecule has 4 aliphatic heterocycles. The lowest BCUT2D eigenvalue weighted by Gasteiger charge is -2.25. The van der Waals surface area contributed by atoms with E-state index >= 15 is 0 Å². The molecule has 4 heterocycles. The van der Waals surface area contributed by atoms with Gasteiger partial charge in [0.15, 0.2) is 23.0 Å². The number of para-hydroxylation sites is 2. The van der Waals surface area contributed by atoms with Crippen LogP contribution in [0.25, 0.3) is 0 Å². The average molecular weight is 1110 g/mol. The number of carbonyl (C=O) groups is 6. The topological polar surface area (TPSA) is 222 Å². The first-order chi connectivity index (χ1) is 39.1. The Hall–Kier alpha value is -8.81. The molecule has 426 valence electrons. The van der Waals surface area contributed by atoms with Crippen LogP contribution in [0.4, 0.5) is 28.4 Å². The molecule has 4 aliphatic rings. The van der Waals surface area contributed by atoms with Crippen molar-refractivity contribution < 1.29 is 52.6 Å². The number of hydrogen-bond donors (Lipinski definition) is 4. The SMILES string of the molecule is CC=NOCCCNC(=O)CCCCC(=O)N[C@@H](C)C(=O)N[C@@H](C)C(=O)Nc1cc(COc2cc3c(cc2OC)C(=O)N2c4ccccc4C[C@H]2CN3C)cc(COc2cc3c(cc2OC)C(=O)N2c4ccccc4C[C@H]2CN3C)c1. The highest BCUT2D eigenvalue weighted by Gasteiger charge is 2.41. The van der Waals surface area contributed by atoms with Gasteiger partial charge in [0.25, 0.3) is 11.8 Å². The Balaban J connectivity index is 0.893. The predicted octanol–water partition coefficient (Wildman–Crippen LogP) is 6.94. The van der Waals surface area contributed by atoms with Gasteiger partial charge in [0.05, 0.1) is 48.8 Å². The number of benzene rings is 5. The maximum absolute atomic E-state index is 14.3. The maximum atomic E-state index is 14.3. The van der Waals surface area contributed by atoms with Crippen molar-refractivity contribution in [1.29, 1.82) is 0 Å². The summed E-state index contributed by atoms with van der Waals surface area (Å²) < 4.78 is 24.8. The van der Waals surface area contributed by atoms with Crippen LogP contribution in [0.2, 0.25) is 0 Å². The second kappa shape index (κ2) is 25.5. The van der Waals surface area contributed by atoms with E-state index in [1.165, 1.54) is 21.1 Å². The van der Waals surface area contributed by atoms with Crippen molar-refractivity contribution >= 4 is 70.1 Å². The Morgan fingerprint density at radius 3 is 1.65 bits per heavy atom. The Kier molecular flexibility index (Phi) is 17.9. The minimum absolute atomic E-state index is 0.00348. The van der Waals surface area contributed by atoms with Gasteiger partial charge in [-0.25, -0.2) is 0 Å². The number of methoxy groups -OCH3 is 2. The fraction of sp³-hybridized carbons (Fsp3) is 0.393. The third kappa shape index (κ3) is 13.0. The van der Waals surface area contributed by atoms with Gasteiger partial charge in [0, 0.05) is 88.4 Å². The molecule has 9 rings (SSSR count). The molecule has 0 unspecified atom stereocenters. The normalized spacial score (nSPS) is 16.6. The van der Waals surface area contributed by atoms with E-state index in [-0.39, 0.29) is 61.8 Å². The van der Waals surface area contributed by atoms with Crippen molar-refractivity contribution in [3.05, 3.63) is 124 Å². The summed E-state index contributed by atoms with van der Waals surface area (Å²) in [5.74, 6) is -0.277. The van der Waals surface area contributed by atoms with Crippen molar-refractivity contribution in [1.82, 2.24) is 16.0 Å². The summed E-state index contributed by atoms with van der Waals surface area (Å²) >= 11 is 0. The van der Waals surface area contributed by atoms with Gasteiger partial charge in [-0.05, 0) is 111 Å². The van der Waals surface area contributed by atoms with Crippen LogP contribution in [0, 0.1) is 0 Å². The summed E-state index contributed by atoms with van der Waals surface area (Å²) in [5, 5.41) is 14.8. The van der Waals surface area contributed by atoms with E-state index in [9.17, 15) is 28.8 Å². The van der Waals surface area contributed by atoms with Gasteiger partial charge in [-0.15, -0.1) is 0 Å². The van der Waals surface area contributed by atoms with Gasteiger partial charge in [0.2, 0.25) is 23.6 Å². The second-order valence-corrected chi connectivity index (χ2v) is 20.9. The number of likely N-dealkylation sites (N-methyl/N-ethyl adjacent to an activating group) is 2. The van der Waals surface area contributed by atoms with Gasteiger partial charge in [-0.2, -0.15) is 0 Å². The zero-order chi connectivity index (χ0) is 57.3. The quantitative estimate of drug-likeness (QED) is 0.0296. The molecule has 5 aromatic carbocycles. The average Bonchev–Trinajstić information content (AvgIpc) is 3.97. The van der Waals surface area contributed by atoms with Crippen LogP contribution in [-0.4, -0.2) is 120 Å². The first-order valence-electron chi connectivity index (χ1n) is 27.5. The molecule has 4 atom stereocenters. The van der Waals surface area contributed by atoms with Crippen molar-refractivity contribution in [2.24, 2.45) is 5.16 Å². The molecule has 0 saturated carbocycles. The van der Waals surface area contributed by atoms with Crippen molar-refractivity contribution in [2.75, 3.05) is 79.5 Å². The fourth-order valence-corrected chi connectivity index (χ4v) is 11.0. The smallest absolute Gasteiger partial charge is 0.260 e. The summed E-state index contributed by atoms with van der Waals surface area (Å²) in [5.41, 5.74) is 8.11. The molecule has 0 bridgehead atoms. The van der Waals surface area contributed by atoms with Crippen molar-refractivity contribution in [3.63, 3.8) is 0 Å². The zero-order valence-electron chi connectivity index (χ0n) is 47.0. The first kappa shape index (κ1) is 56.9. The molecular weight excluding hydrogens is 1030 g/mol. The third-order valence-corrected chi connectivity index (χ3v) is 15.0. The highest BCUT2D eigenvalue weighted by Crippen LogP contribution is 2.44. The minimum atomic E-state index is -1.03. The molecule has 5 aromatic rings. The molecule has 0 aromatic heterocycles. The number of amides is 6. The van der Waals surface area contributed by atoms with Crippen molar-refractivity contribution in [2.45, 2.75) is 103 Å². The predicted molar refractivity (Wildman–Crippen MR) is 309 cm³/mol. The lowest BCUT2D eigenvalue weighted by Crippen LogP contribution is -2.50. The molecule has 0 radical (unpaired) electrons. The Morgan fingerprint density at radius 1 is 0.630 bits per heavy atom. The Bertz CT molecular complexity index is 3060. The van der Waals surface area contributed by atoms with E-state index in [4.69, 9.17) is 23.8 Å². The van der Waals surface area contributed by atoms with Crippen LogP contribution >= 0.6 is 0 Å². The highest BCUT2D eigenvalue weighted by atomic mass is 16.6. The number of oxime groups is 1. The van der Waals surface area contributed by atoms with E-state index in [0.29, 0.717) is 108 Å². The molecule has 0 fully saturated rings. The standard InChI is InChI=1S/C61H71N9O11/c1-8-63-81-23-15-22-62-56(71)20-13-14-21-57(72)64-37(2)58(73)65-38(3)59(74)66-43-25-39(35-79-54-31-50-46(29-52(54)77-6)60(75)69-44(33-67(50)4)27-41-16-9-11-18-48(41)69)24-40(26-43)36-80-55-32-51-47(30-53(55)78-7)61(76)70-45(34-68(51)5)28-42-17-10-12-19-49(42)70/h8-12,16-19,24-26,29-32,37-38,44-45H,13-15,20-23,27-28,33-36H2,1-7H3,(H,62,71)(H,64,72)(H,65,73)(H,66,74)/t37-,38-,44-,45-/m0/s1. The Morgan fingerprint density at radius 2 is 1.14 bits per heavy atom. The summed E-state index contributed by atoms with van der Waals surface area (Å²) in [6.45, 7) is 6.88. The van der Waals surface area contributed by atoms with Crippen LogP contribution in [-0.2, 0) is 50.1 Å². The lowest BCUT2D eigenvalue weighted by molar-refractivity contribution is -0.130. The highest BCUT2D eigenvalue weighted by molar-refractivity contribution is 6.13. The van der Waals surface area contributed by atoms with E-state index < -0.39 is 23.9 Å². The van der Waals surface area contributed by atoms with E-state index in [2.05, 4.69) is 48.4 Å². The van der Waals surface area contributed by atoms with Crippen LogP contribution < -0.4 is 59.8 Å². The summed E-state index contributed by atoms with van der Waals surface area (Å²) in [6.07, 6.45) is 4.95. The molecule has 4 N–H and O–H groups in total. The fourth-order valence-electron chi connectivity index (χ4n) is 11.0. The van der Waals surface area contributed by atoms with Gasteiger partial charge in [-0.3, -0.25) is 28.8 Å². The Labute approximate surface area is 472 Å². The molecule has 20 heteroatoms. The van der Waals surface area contributed by atoms with Crippen LogP contribution in [0.3, 0.4) is 0 Å². The van der Waals surface area contributed by atoms with Gasteiger partial charge < -0.3 is 64.7 Å². The molecule has 81 heavy (non-hydrogen) atoms.